The lowest BCUT2D eigenvalue weighted by atomic mass is 9.77. The van der Waals surface area contributed by atoms with Crippen molar-refractivity contribution in [1.29, 1.82) is 0 Å². The smallest absolute Gasteiger partial charge is 0.163 e. The highest BCUT2D eigenvalue weighted by Gasteiger charge is 2.38. The molecule has 2 heterocycles. The molecule has 140 valence electrons. The summed E-state index contributed by atoms with van der Waals surface area (Å²) < 4.78 is 7.31. The molecule has 0 N–H and O–H groups in total. The van der Waals surface area contributed by atoms with Gasteiger partial charge in [-0.25, -0.2) is 4.98 Å². The van der Waals surface area contributed by atoms with E-state index in [0.717, 1.165) is 56.3 Å². The molecule has 3 nitrogen and oxygen atoms in total. The Bertz CT molecular complexity index is 1120. The molecule has 0 spiro atoms. The van der Waals surface area contributed by atoms with Crippen LogP contribution in [0.4, 0.5) is 0 Å². The predicted molar refractivity (Wildman–Crippen MR) is 113 cm³/mol. The fourth-order valence-electron chi connectivity index (χ4n) is 4.10. The predicted octanol–water partition coefficient (Wildman–Crippen LogP) is 6.50. The number of hydrogen-bond acceptors (Lipinski definition) is 4. The fraction of sp³-hybridized carbons (Fsp3) is 0.217. The van der Waals surface area contributed by atoms with Gasteiger partial charge < -0.3 is 4.74 Å². The minimum Gasteiger partial charge on any atom is -0.466 e. The summed E-state index contributed by atoms with van der Waals surface area (Å²) in [5, 5.41) is 1.59. The number of benzene rings is 2. The molecule has 3 aromatic rings. The molecule has 0 saturated heterocycles. The summed E-state index contributed by atoms with van der Waals surface area (Å²) in [4.78, 5) is 17.8. The van der Waals surface area contributed by atoms with Gasteiger partial charge >= 0.3 is 0 Å². The highest BCUT2D eigenvalue weighted by Crippen LogP contribution is 2.49. The molecule has 0 bridgehead atoms. The molecule has 0 fully saturated rings. The molecule has 5 rings (SSSR count). The maximum Gasteiger partial charge on any atom is 0.163 e. The van der Waals surface area contributed by atoms with Crippen LogP contribution in [0.1, 0.15) is 42.7 Å². The van der Waals surface area contributed by atoms with Crippen LogP contribution in [-0.2, 0) is 9.53 Å². The van der Waals surface area contributed by atoms with Crippen LogP contribution in [-0.4, -0.2) is 10.8 Å². The van der Waals surface area contributed by atoms with Gasteiger partial charge in [0.25, 0.3) is 0 Å². The number of nitrogens with zero attached hydrogens (tertiary/aromatic N) is 1. The van der Waals surface area contributed by atoms with E-state index in [4.69, 9.17) is 21.3 Å². The number of ketones is 1. The Morgan fingerprint density at radius 3 is 2.64 bits per heavy atom. The second kappa shape index (κ2) is 6.87. The Morgan fingerprint density at radius 1 is 1.07 bits per heavy atom. The molecule has 2 aromatic carbocycles. The summed E-state index contributed by atoms with van der Waals surface area (Å²) >= 11 is 7.77. The Morgan fingerprint density at radius 2 is 1.86 bits per heavy atom. The molecule has 1 aromatic heterocycles. The van der Waals surface area contributed by atoms with Crippen LogP contribution in [0.5, 0.6) is 0 Å². The normalized spacial score (nSPS) is 19.8. The van der Waals surface area contributed by atoms with Crippen LogP contribution >= 0.6 is 22.9 Å². The summed E-state index contributed by atoms with van der Waals surface area (Å²) in [5.41, 5.74) is 3.78. The summed E-state index contributed by atoms with van der Waals surface area (Å²) in [7, 11) is 0. The first-order valence-electron chi connectivity index (χ1n) is 9.38. The average molecular weight is 408 g/mol. The van der Waals surface area contributed by atoms with Crippen LogP contribution < -0.4 is 0 Å². The number of fused-ring (bicyclic) bond motifs is 1. The first-order valence-corrected chi connectivity index (χ1v) is 10.6. The number of para-hydroxylation sites is 1. The maximum absolute atomic E-state index is 12.9. The van der Waals surface area contributed by atoms with Gasteiger partial charge in [0.1, 0.15) is 16.5 Å². The molecular formula is C23H18ClNO2S. The van der Waals surface area contributed by atoms with Gasteiger partial charge in [0, 0.05) is 34.9 Å². The lowest BCUT2D eigenvalue weighted by molar-refractivity contribution is -0.116. The third-order valence-corrected chi connectivity index (χ3v) is 6.69. The molecule has 28 heavy (non-hydrogen) atoms. The highest BCUT2D eigenvalue weighted by molar-refractivity contribution is 7.19. The van der Waals surface area contributed by atoms with Crippen LogP contribution in [0.3, 0.4) is 0 Å². The van der Waals surface area contributed by atoms with Gasteiger partial charge in [-0.05, 0) is 43.2 Å². The van der Waals surface area contributed by atoms with E-state index in [9.17, 15) is 4.79 Å². The number of carbonyl (C=O) groups is 1. The maximum atomic E-state index is 12.9. The van der Waals surface area contributed by atoms with Gasteiger partial charge in [0.15, 0.2) is 5.78 Å². The van der Waals surface area contributed by atoms with Crippen LogP contribution in [0.25, 0.3) is 15.8 Å². The molecular weight excluding hydrogens is 390 g/mol. The number of rotatable bonds is 2. The number of aromatic nitrogens is 1. The lowest BCUT2D eigenvalue weighted by Gasteiger charge is -2.33. The molecule has 1 aliphatic heterocycles. The number of halogens is 1. The third kappa shape index (κ3) is 2.88. The van der Waals surface area contributed by atoms with Crippen molar-refractivity contribution in [3.05, 3.63) is 81.2 Å². The van der Waals surface area contributed by atoms with Crippen molar-refractivity contribution < 1.29 is 9.53 Å². The summed E-state index contributed by atoms with van der Waals surface area (Å²) in [6.45, 7) is 1.98. The zero-order chi connectivity index (χ0) is 19.3. The van der Waals surface area contributed by atoms with E-state index < -0.39 is 0 Å². The van der Waals surface area contributed by atoms with Gasteiger partial charge in [-0.2, -0.15) is 0 Å². The fourth-order valence-corrected chi connectivity index (χ4v) is 5.31. The number of Topliss-reactive ketones (excluding diaryl/α,β-unsaturated/α-hetero) is 1. The summed E-state index contributed by atoms with van der Waals surface area (Å²) in [6, 6.07) is 15.9. The van der Waals surface area contributed by atoms with Crippen LogP contribution in [0.2, 0.25) is 5.02 Å². The van der Waals surface area contributed by atoms with Gasteiger partial charge in [0.2, 0.25) is 0 Å². The van der Waals surface area contributed by atoms with Crippen molar-refractivity contribution in [3.63, 3.8) is 0 Å². The molecule has 0 saturated carbocycles. The van der Waals surface area contributed by atoms with E-state index in [2.05, 4.69) is 6.07 Å². The van der Waals surface area contributed by atoms with E-state index >= 15 is 0 Å². The zero-order valence-electron chi connectivity index (χ0n) is 15.4. The summed E-state index contributed by atoms with van der Waals surface area (Å²) in [5.74, 6) is 1.65. The monoisotopic (exact) mass is 407 g/mol. The Balaban J connectivity index is 1.73. The van der Waals surface area contributed by atoms with Crippen LogP contribution in [0, 0.1) is 0 Å². The van der Waals surface area contributed by atoms with Crippen molar-refractivity contribution in [1.82, 2.24) is 4.98 Å². The number of allylic oxidation sites excluding steroid dienone is 4. The van der Waals surface area contributed by atoms with E-state index in [-0.39, 0.29) is 11.7 Å². The molecule has 1 atom stereocenters. The SMILES string of the molecule is CC1=C(c2nc3ccccc3s2)C(c2ccc(Cl)cc2)C2=C(CCCC2=O)O1. The number of ether oxygens (including phenoxy) is 1. The molecule has 0 amide bonds. The van der Waals surface area contributed by atoms with Crippen molar-refractivity contribution in [3.8, 4) is 0 Å². The average Bonchev–Trinajstić information content (AvgIpc) is 3.11. The van der Waals surface area contributed by atoms with Gasteiger partial charge in [0.05, 0.1) is 10.2 Å². The van der Waals surface area contributed by atoms with E-state index in [0.29, 0.717) is 11.4 Å². The van der Waals surface area contributed by atoms with E-state index in [1.165, 1.54) is 0 Å². The first kappa shape index (κ1) is 17.7. The number of hydrogen-bond donors (Lipinski definition) is 0. The van der Waals surface area contributed by atoms with Crippen molar-refractivity contribution in [2.45, 2.75) is 32.1 Å². The lowest BCUT2D eigenvalue weighted by Crippen LogP contribution is -2.24. The largest absolute Gasteiger partial charge is 0.466 e. The topological polar surface area (TPSA) is 39.2 Å². The standard InChI is InChI=1S/C23H18ClNO2S/c1-13-20(23-25-16-5-2-3-8-19(16)28-23)21(14-9-11-15(24)12-10-14)22-17(26)6-4-7-18(22)27-13/h2-3,5,8-12,21H,4,6-7H2,1H3. The van der Waals surface area contributed by atoms with E-state index in [1.807, 2.05) is 49.4 Å². The van der Waals surface area contributed by atoms with Gasteiger partial charge in [-0.3, -0.25) is 4.79 Å². The Labute approximate surface area is 172 Å². The molecule has 5 heteroatoms. The quantitative estimate of drug-likeness (QED) is 0.486. The van der Waals surface area contributed by atoms with Crippen LogP contribution in [0.15, 0.2) is 65.6 Å². The van der Waals surface area contributed by atoms with E-state index in [1.54, 1.807) is 11.3 Å². The molecule has 1 aliphatic carbocycles. The first-order chi connectivity index (χ1) is 13.6. The minimum atomic E-state index is -0.172. The van der Waals surface area contributed by atoms with Gasteiger partial charge in [-0.1, -0.05) is 35.9 Å². The third-order valence-electron chi connectivity index (χ3n) is 5.37. The number of thiazole rings is 1. The van der Waals surface area contributed by atoms with Crippen molar-refractivity contribution >= 4 is 44.5 Å². The molecule has 0 radical (unpaired) electrons. The second-order valence-electron chi connectivity index (χ2n) is 7.16. The highest BCUT2D eigenvalue weighted by atomic mass is 35.5. The Hall–Kier alpha value is -2.43. The van der Waals surface area contributed by atoms with Crippen molar-refractivity contribution in [2.24, 2.45) is 0 Å². The van der Waals surface area contributed by atoms with Crippen molar-refractivity contribution in [2.75, 3.05) is 0 Å². The minimum absolute atomic E-state index is 0.172. The molecule has 2 aliphatic rings. The zero-order valence-corrected chi connectivity index (χ0v) is 16.9. The Kier molecular flexibility index (Phi) is 4.33. The number of carbonyl (C=O) groups excluding carboxylic acids is 1. The second-order valence-corrected chi connectivity index (χ2v) is 8.62. The molecule has 1 unspecified atom stereocenters. The van der Waals surface area contributed by atoms with Gasteiger partial charge in [-0.15, -0.1) is 11.3 Å². The summed E-state index contributed by atoms with van der Waals surface area (Å²) in [6.07, 6.45) is 2.21.